The molecule has 0 atom stereocenters. The van der Waals surface area contributed by atoms with E-state index >= 15 is 0 Å². The minimum Gasteiger partial charge on any atom is -0.452 e. The highest BCUT2D eigenvalue weighted by Gasteiger charge is 2.20. The van der Waals surface area contributed by atoms with Gasteiger partial charge in [-0.25, -0.2) is 9.59 Å². The van der Waals surface area contributed by atoms with Gasteiger partial charge in [0.1, 0.15) is 0 Å². The van der Waals surface area contributed by atoms with Crippen molar-refractivity contribution < 1.29 is 24.0 Å². The molecule has 0 aliphatic carbocycles. The molecule has 0 bridgehead atoms. The summed E-state index contributed by atoms with van der Waals surface area (Å²) in [6.45, 7) is 1.19. The summed E-state index contributed by atoms with van der Waals surface area (Å²) in [4.78, 5) is 45.6. The number of nitrogens with two attached hydrogens (primary N) is 1. The Balaban J connectivity index is 2.15. The first-order chi connectivity index (χ1) is 12.8. The molecule has 2 aromatic rings. The number of benzene rings is 2. The molecule has 2 aromatic carbocycles. The van der Waals surface area contributed by atoms with Gasteiger partial charge in [0.2, 0.25) is 0 Å². The van der Waals surface area contributed by atoms with Crippen LogP contribution in [0.25, 0.3) is 0 Å². The Morgan fingerprint density at radius 2 is 1.85 bits per heavy atom. The molecule has 0 saturated carbocycles. The zero-order valence-corrected chi connectivity index (χ0v) is 14.9. The number of carbonyl (C=O) groups excluding carboxylic acids is 3. The van der Waals surface area contributed by atoms with Crippen molar-refractivity contribution in [3.8, 4) is 0 Å². The molecule has 0 radical (unpaired) electrons. The van der Waals surface area contributed by atoms with Crippen LogP contribution in [0.15, 0.2) is 52.3 Å². The summed E-state index contributed by atoms with van der Waals surface area (Å²) < 4.78 is 4.71. The van der Waals surface area contributed by atoms with Gasteiger partial charge in [0, 0.05) is 11.0 Å². The predicted molar refractivity (Wildman–Crippen MR) is 96.4 cm³/mol. The highest BCUT2D eigenvalue weighted by atomic mass is 32.2. The average molecular weight is 389 g/mol. The maximum absolute atomic E-state index is 12.0. The van der Waals surface area contributed by atoms with E-state index in [0.717, 1.165) is 16.5 Å². The van der Waals surface area contributed by atoms with E-state index in [9.17, 15) is 24.5 Å². The number of nitrogens with one attached hydrogen (secondary N) is 1. The lowest BCUT2D eigenvalue weighted by atomic mass is 10.2. The average Bonchev–Trinajstić information content (AvgIpc) is 2.61. The number of imide groups is 1. The lowest BCUT2D eigenvalue weighted by molar-refractivity contribution is -0.387. The molecule has 0 fully saturated rings. The molecule has 3 N–H and O–H groups in total. The second-order valence-electron chi connectivity index (χ2n) is 5.34. The number of primary amides is 1. The summed E-state index contributed by atoms with van der Waals surface area (Å²) in [6.07, 6.45) is 0. The fourth-order valence-electron chi connectivity index (χ4n) is 1.99. The van der Waals surface area contributed by atoms with Crippen molar-refractivity contribution >= 4 is 35.4 Å². The Morgan fingerprint density at radius 3 is 2.44 bits per heavy atom. The monoisotopic (exact) mass is 389 g/mol. The summed E-state index contributed by atoms with van der Waals surface area (Å²) >= 11 is 1.19. The normalized spacial score (nSPS) is 10.1. The van der Waals surface area contributed by atoms with Crippen molar-refractivity contribution in [2.45, 2.75) is 16.7 Å². The Kier molecular flexibility index (Phi) is 6.50. The summed E-state index contributed by atoms with van der Waals surface area (Å²) in [6, 6.07) is 10.2. The number of ether oxygens (including phenoxy) is 1. The number of urea groups is 1. The van der Waals surface area contributed by atoms with Crippen molar-refractivity contribution in [2.24, 2.45) is 5.73 Å². The SMILES string of the molecule is Cc1ccc(Sc2ccc(C(=O)OCC(=O)NC(N)=O)cc2[N+](=O)[O-])cc1. The van der Waals surface area contributed by atoms with E-state index in [2.05, 4.69) is 0 Å². The molecule has 0 aliphatic heterocycles. The first-order valence-electron chi connectivity index (χ1n) is 7.55. The van der Waals surface area contributed by atoms with Gasteiger partial charge in [0.15, 0.2) is 6.61 Å². The van der Waals surface area contributed by atoms with Crippen LogP contribution in [-0.2, 0) is 9.53 Å². The van der Waals surface area contributed by atoms with Crippen LogP contribution >= 0.6 is 11.8 Å². The number of nitro benzene ring substituents is 1. The molecular weight excluding hydrogens is 374 g/mol. The molecule has 27 heavy (non-hydrogen) atoms. The fraction of sp³-hybridized carbons (Fsp3) is 0.118. The molecule has 0 saturated heterocycles. The van der Waals surface area contributed by atoms with Gasteiger partial charge in [-0.2, -0.15) is 0 Å². The highest BCUT2D eigenvalue weighted by Crippen LogP contribution is 2.35. The van der Waals surface area contributed by atoms with Crippen LogP contribution in [0, 0.1) is 17.0 Å². The molecule has 0 spiro atoms. The summed E-state index contributed by atoms with van der Waals surface area (Å²) in [5.41, 5.74) is 5.46. The Bertz CT molecular complexity index is 898. The molecule has 3 amide bonds. The zero-order valence-electron chi connectivity index (χ0n) is 14.1. The molecule has 0 heterocycles. The maximum atomic E-state index is 12.0. The van der Waals surface area contributed by atoms with Crippen LogP contribution < -0.4 is 11.1 Å². The number of esters is 1. The van der Waals surface area contributed by atoms with Crippen LogP contribution in [0.2, 0.25) is 0 Å². The van der Waals surface area contributed by atoms with Crippen molar-refractivity contribution in [1.82, 2.24) is 5.32 Å². The molecule has 0 aromatic heterocycles. The summed E-state index contributed by atoms with van der Waals surface area (Å²) in [7, 11) is 0. The van der Waals surface area contributed by atoms with Gasteiger partial charge in [-0.15, -0.1) is 0 Å². The largest absolute Gasteiger partial charge is 0.452 e. The second-order valence-corrected chi connectivity index (χ2v) is 6.46. The lowest BCUT2D eigenvalue weighted by Crippen LogP contribution is -2.37. The van der Waals surface area contributed by atoms with E-state index in [1.54, 1.807) is 5.32 Å². The topological polar surface area (TPSA) is 142 Å². The van der Waals surface area contributed by atoms with Crippen molar-refractivity contribution in [1.29, 1.82) is 0 Å². The first kappa shape index (κ1) is 19.9. The van der Waals surface area contributed by atoms with Crippen molar-refractivity contribution in [3.05, 3.63) is 63.7 Å². The van der Waals surface area contributed by atoms with E-state index in [-0.39, 0.29) is 11.3 Å². The maximum Gasteiger partial charge on any atom is 0.338 e. The minimum atomic E-state index is -1.08. The van der Waals surface area contributed by atoms with Gasteiger partial charge in [-0.05, 0) is 31.2 Å². The number of nitro groups is 1. The highest BCUT2D eigenvalue weighted by molar-refractivity contribution is 7.99. The number of aryl methyl sites for hydroxylation is 1. The van der Waals surface area contributed by atoms with E-state index in [4.69, 9.17) is 10.5 Å². The quantitative estimate of drug-likeness (QED) is 0.439. The molecule has 10 heteroatoms. The van der Waals surface area contributed by atoms with Gasteiger partial charge < -0.3 is 10.5 Å². The van der Waals surface area contributed by atoms with Gasteiger partial charge in [-0.1, -0.05) is 29.5 Å². The third-order valence-electron chi connectivity index (χ3n) is 3.24. The van der Waals surface area contributed by atoms with Gasteiger partial charge in [0.25, 0.3) is 11.6 Å². The van der Waals surface area contributed by atoms with Crippen LogP contribution in [-0.4, -0.2) is 29.4 Å². The Hall–Kier alpha value is -3.40. The number of amides is 3. The first-order valence-corrected chi connectivity index (χ1v) is 8.37. The van der Waals surface area contributed by atoms with Crippen LogP contribution in [0.4, 0.5) is 10.5 Å². The molecule has 0 aliphatic rings. The summed E-state index contributed by atoms with van der Waals surface area (Å²) in [5.74, 6) is -1.85. The third kappa shape index (κ3) is 5.82. The molecule has 2 rings (SSSR count). The van der Waals surface area contributed by atoms with Crippen LogP contribution in [0.1, 0.15) is 15.9 Å². The molecule has 140 valence electrons. The third-order valence-corrected chi connectivity index (χ3v) is 4.31. The smallest absolute Gasteiger partial charge is 0.338 e. The van der Waals surface area contributed by atoms with E-state index in [0.29, 0.717) is 4.90 Å². The Morgan fingerprint density at radius 1 is 1.19 bits per heavy atom. The van der Waals surface area contributed by atoms with Crippen molar-refractivity contribution in [2.75, 3.05) is 6.61 Å². The number of rotatable bonds is 6. The summed E-state index contributed by atoms with van der Waals surface area (Å²) in [5, 5.41) is 13.1. The van der Waals surface area contributed by atoms with Gasteiger partial charge in [-0.3, -0.25) is 20.2 Å². The van der Waals surface area contributed by atoms with Crippen LogP contribution in [0.5, 0.6) is 0 Å². The van der Waals surface area contributed by atoms with Gasteiger partial charge >= 0.3 is 12.0 Å². The molecule has 9 nitrogen and oxygen atoms in total. The molecule has 0 unspecified atom stereocenters. The van der Waals surface area contributed by atoms with E-state index in [1.807, 2.05) is 31.2 Å². The molecular formula is C17H15N3O6S. The van der Waals surface area contributed by atoms with E-state index in [1.165, 1.54) is 23.9 Å². The van der Waals surface area contributed by atoms with Gasteiger partial charge in [0.05, 0.1) is 15.4 Å². The zero-order chi connectivity index (χ0) is 20.0. The number of nitrogens with zero attached hydrogens (tertiary/aromatic N) is 1. The fourth-order valence-corrected chi connectivity index (χ4v) is 2.89. The lowest BCUT2D eigenvalue weighted by Gasteiger charge is -2.07. The second kappa shape index (κ2) is 8.81. The predicted octanol–water partition coefficient (Wildman–Crippen LogP) is 2.41. The minimum absolute atomic E-state index is 0.0955. The standard InChI is InChI=1S/C17H15N3O6S/c1-10-2-5-12(6-3-10)27-14-7-4-11(8-13(14)20(24)25)16(22)26-9-15(21)19-17(18)23/h2-8H,9H2,1H3,(H3,18,19,21,23). The number of carbonyl (C=O) groups is 3. The Labute approximate surface area is 158 Å². The van der Waals surface area contributed by atoms with Crippen molar-refractivity contribution in [3.63, 3.8) is 0 Å². The van der Waals surface area contributed by atoms with E-state index < -0.39 is 29.4 Å². The number of hydrogen-bond acceptors (Lipinski definition) is 7. The number of hydrogen-bond donors (Lipinski definition) is 2. The van der Waals surface area contributed by atoms with Crippen LogP contribution in [0.3, 0.4) is 0 Å².